The number of ketones is 1. The molecule has 0 spiro atoms. The molecule has 2 aromatic heterocycles. The van der Waals surface area contributed by atoms with Gasteiger partial charge in [0, 0.05) is 35.1 Å². The molecule has 5 nitrogen and oxygen atoms in total. The lowest BCUT2D eigenvalue weighted by atomic mass is 10.0. The van der Waals surface area contributed by atoms with E-state index in [4.69, 9.17) is 28.5 Å². The number of nitrogens with zero attached hydrogens (tertiary/aromatic N) is 4. The minimum atomic E-state index is -0.142. The number of hydrogen-bond acceptors (Lipinski definition) is 4. The highest BCUT2D eigenvalue weighted by Crippen LogP contribution is 2.32. The fourth-order valence-corrected chi connectivity index (χ4v) is 3.51. The second kappa shape index (κ2) is 6.80. The first-order chi connectivity index (χ1) is 12.4. The van der Waals surface area contributed by atoms with Crippen molar-refractivity contribution in [2.24, 2.45) is 7.05 Å². The van der Waals surface area contributed by atoms with Gasteiger partial charge >= 0.3 is 0 Å². The number of benzene rings is 1. The van der Waals surface area contributed by atoms with Crippen molar-refractivity contribution in [2.45, 2.75) is 13.3 Å². The Bertz CT molecular complexity index is 1150. The average Bonchev–Trinajstić information content (AvgIpc) is 2.93. The summed E-state index contributed by atoms with van der Waals surface area (Å²) >= 11 is 12.7. The molecule has 0 saturated heterocycles. The maximum Gasteiger partial charge on any atom is 0.161 e. The minimum absolute atomic E-state index is 0.142. The molecule has 2 heterocycles. The van der Waals surface area contributed by atoms with E-state index in [2.05, 4.69) is 11.1 Å². The summed E-state index contributed by atoms with van der Waals surface area (Å²) in [6.07, 6.45) is 0.360. The number of nitriles is 2. The summed E-state index contributed by atoms with van der Waals surface area (Å²) in [6, 6.07) is 10.6. The normalized spacial score (nSPS) is 10.5. The van der Waals surface area contributed by atoms with Gasteiger partial charge in [-0.1, -0.05) is 23.2 Å². The molecule has 0 aliphatic carbocycles. The molecular formula is C19H12Cl2N4O. The summed E-state index contributed by atoms with van der Waals surface area (Å²) in [4.78, 5) is 16.0. The molecule has 0 aliphatic rings. The van der Waals surface area contributed by atoms with Crippen LogP contribution in [0.5, 0.6) is 0 Å². The van der Waals surface area contributed by atoms with Crippen LogP contribution < -0.4 is 0 Å². The highest BCUT2D eigenvalue weighted by molar-refractivity contribution is 6.38. The fourth-order valence-electron chi connectivity index (χ4n) is 2.87. The number of hydrogen-bond donors (Lipinski definition) is 0. The predicted octanol–water partition coefficient (Wildman–Crippen LogP) is 4.42. The summed E-state index contributed by atoms with van der Waals surface area (Å²) in [5.74, 6) is -0.142. The molecule has 3 rings (SSSR count). The van der Waals surface area contributed by atoms with Gasteiger partial charge in [0.15, 0.2) is 5.78 Å². The largest absolute Gasteiger partial charge is 0.332 e. The monoisotopic (exact) mass is 382 g/mol. The number of Topliss-reactive ketones (excluding diaryl/α,β-unsaturated/α-hetero) is 1. The lowest BCUT2D eigenvalue weighted by Gasteiger charge is -2.11. The van der Waals surface area contributed by atoms with Gasteiger partial charge < -0.3 is 4.57 Å². The Balaban J connectivity index is 2.19. The smallest absolute Gasteiger partial charge is 0.161 e. The van der Waals surface area contributed by atoms with Gasteiger partial charge in [0.2, 0.25) is 0 Å². The predicted molar refractivity (Wildman–Crippen MR) is 99.4 cm³/mol. The van der Waals surface area contributed by atoms with E-state index in [1.54, 1.807) is 23.7 Å². The summed E-state index contributed by atoms with van der Waals surface area (Å²) in [5, 5.41) is 19.9. The second-order valence-electron chi connectivity index (χ2n) is 5.83. The van der Waals surface area contributed by atoms with E-state index in [-0.39, 0.29) is 11.5 Å². The summed E-state index contributed by atoms with van der Waals surface area (Å²) < 4.78 is 1.80. The number of aromatic nitrogens is 2. The molecule has 1 aromatic carbocycles. The van der Waals surface area contributed by atoms with Crippen molar-refractivity contribution in [3.05, 3.63) is 62.4 Å². The molecule has 0 atom stereocenters. The molecule has 128 valence electrons. The Hall–Kier alpha value is -2.86. The van der Waals surface area contributed by atoms with E-state index in [1.165, 1.54) is 13.0 Å². The first kappa shape index (κ1) is 17.9. The number of carbonyl (C=O) groups excluding carboxylic acids is 1. The number of carbonyl (C=O) groups is 1. The van der Waals surface area contributed by atoms with Crippen LogP contribution in [0.15, 0.2) is 24.3 Å². The van der Waals surface area contributed by atoms with Gasteiger partial charge in [0.1, 0.15) is 17.4 Å². The highest BCUT2D eigenvalue weighted by Gasteiger charge is 2.18. The third kappa shape index (κ3) is 2.93. The zero-order valence-corrected chi connectivity index (χ0v) is 15.5. The van der Waals surface area contributed by atoms with Gasteiger partial charge in [-0.2, -0.15) is 10.5 Å². The Morgan fingerprint density at radius 1 is 1.23 bits per heavy atom. The number of rotatable bonds is 3. The van der Waals surface area contributed by atoms with E-state index < -0.39 is 0 Å². The molecule has 3 aromatic rings. The zero-order chi connectivity index (χ0) is 19.0. The second-order valence-corrected chi connectivity index (χ2v) is 6.62. The fraction of sp³-hybridized carbons (Fsp3) is 0.158. The van der Waals surface area contributed by atoms with Gasteiger partial charge in [0.05, 0.1) is 16.7 Å². The van der Waals surface area contributed by atoms with Crippen molar-refractivity contribution in [2.75, 3.05) is 0 Å². The first-order valence-corrected chi connectivity index (χ1v) is 8.40. The van der Waals surface area contributed by atoms with Crippen molar-refractivity contribution >= 4 is 40.0 Å². The van der Waals surface area contributed by atoms with Crippen LogP contribution in [0.1, 0.15) is 39.8 Å². The van der Waals surface area contributed by atoms with E-state index >= 15 is 0 Å². The van der Waals surface area contributed by atoms with Crippen LogP contribution in [-0.2, 0) is 13.5 Å². The maximum absolute atomic E-state index is 11.7. The van der Waals surface area contributed by atoms with Crippen molar-refractivity contribution in [3.63, 3.8) is 0 Å². The minimum Gasteiger partial charge on any atom is -0.332 e. The maximum atomic E-state index is 11.7. The molecule has 0 saturated carbocycles. The molecular weight excluding hydrogens is 371 g/mol. The van der Waals surface area contributed by atoms with Gasteiger partial charge in [-0.15, -0.1) is 0 Å². The van der Waals surface area contributed by atoms with E-state index in [9.17, 15) is 10.1 Å². The number of fused-ring (bicyclic) bond motifs is 1. The topological polar surface area (TPSA) is 82.5 Å². The number of pyridine rings is 1. The lowest BCUT2D eigenvalue weighted by Crippen LogP contribution is -2.03. The Morgan fingerprint density at radius 2 is 1.96 bits per heavy atom. The van der Waals surface area contributed by atoms with E-state index in [0.29, 0.717) is 44.2 Å². The van der Waals surface area contributed by atoms with Crippen LogP contribution >= 0.6 is 23.2 Å². The molecule has 0 aliphatic heterocycles. The highest BCUT2D eigenvalue weighted by atomic mass is 35.5. The standard InChI is InChI=1S/C19H12Cl2N4O/c1-10(26)14-3-4-17(20)16(18(14)21)7-13-6-15-11(8-22)5-12(9-23)24-19(15)25(13)2/h3-6H,7H2,1-2H3. The summed E-state index contributed by atoms with van der Waals surface area (Å²) in [5.41, 5.74) is 2.94. The van der Waals surface area contributed by atoms with Crippen molar-refractivity contribution in [1.82, 2.24) is 9.55 Å². The molecule has 0 N–H and O–H groups in total. The number of aryl methyl sites for hydroxylation is 1. The van der Waals surface area contributed by atoms with Crippen molar-refractivity contribution in [1.29, 1.82) is 10.5 Å². The quantitative estimate of drug-likeness (QED) is 0.627. The third-order valence-corrected chi connectivity index (χ3v) is 5.04. The average molecular weight is 383 g/mol. The Kier molecular flexibility index (Phi) is 4.70. The third-order valence-electron chi connectivity index (χ3n) is 4.26. The molecule has 0 radical (unpaired) electrons. The van der Waals surface area contributed by atoms with E-state index in [1.807, 2.05) is 12.1 Å². The Morgan fingerprint density at radius 3 is 2.58 bits per heavy atom. The van der Waals surface area contributed by atoms with E-state index in [0.717, 1.165) is 5.69 Å². The van der Waals surface area contributed by atoms with Gasteiger partial charge in [-0.25, -0.2) is 4.98 Å². The molecule has 26 heavy (non-hydrogen) atoms. The van der Waals surface area contributed by atoms with Crippen LogP contribution in [0.4, 0.5) is 0 Å². The van der Waals surface area contributed by atoms with Crippen LogP contribution in [-0.4, -0.2) is 15.3 Å². The first-order valence-electron chi connectivity index (χ1n) is 7.64. The molecule has 0 fully saturated rings. The molecule has 0 amide bonds. The number of halogens is 2. The molecule has 7 heteroatoms. The van der Waals surface area contributed by atoms with Gasteiger partial charge in [-0.3, -0.25) is 4.79 Å². The molecule has 0 bridgehead atoms. The zero-order valence-electron chi connectivity index (χ0n) is 14.0. The van der Waals surface area contributed by atoms with Crippen molar-refractivity contribution < 1.29 is 4.79 Å². The SMILES string of the molecule is CC(=O)c1ccc(Cl)c(Cc2cc3c(C#N)cc(C#N)nc3n2C)c1Cl. The van der Waals surface area contributed by atoms with Crippen LogP contribution in [0.3, 0.4) is 0 Å². The van der Waals surface area contributed by atoms with Crippen LogP contribution in [0, 0.1) is 22.7 Å². The molecule has 0 unspecified atom stereocenters. The van der Waals surface area contributed by atoms with Gasteiger partial charge in [-0.05, 0) is 36.8 Å². The lowest BCUT2D eigenvalue weighted by molar-refractivity contribution is 0.101. The van der Waals surface area contributed by atoms with Gasteiger partial charge in [0.25, 0.3) is 0 Å². The summed E-state index contributed by atoms with van der Waals surface area (Å²) in [6.45, 7) is 1.45. The van der Waals surface area contributed by atoms with Crippen molar-refractivity contribution in [3.8, 4) is 12.1 Å². The summed E-state index contributed by atoms with van der Waals surface area (Å²) in [7, 11) is 1.80. The van der Waals surface area contributed by atoms with Crippen LogP contribution in [0.2, 0.25) is 10.0 Å². The Labute approximate surface area is 160 Å². The van der Waals surface area contributed by atoms with Crippen LogP contribution in [0.25, 0.3) is 11.0 Å².